The summed E-state index contributed by atoms with van der Waals surface area (Å²) in [6, 6.07) is 0.236. The molecule has 54 valence electrons. The third kappa shape index (κ3) is 1.76. The van der Waals surface area contributed by atoms with Crippen molar-refractivity contribution in [2.75, 3.05) is 0 Å². The molecule has 1 saturated carbocycles. The van der Waals surface area contributed by atoms with Gasteiger partial charge in [0.15, 0.2) is 0 Å². The van der Waals surface area contributed by atoms with E-state index < -0.39 is 0 Å². The fourth-order valence-corrected chi connectivity index (χ4v) is 0.908. The summed E-state index contributed by atoms with van der Waals surface area (Å²) in [6.07, 6.45) is 0.860. The van der Waals surface area contributed by atoms with Crippen molar-refractivity contribution in [2.45, 2.75) is 32.1 Å². The molecule has 0 saturated heterocycles. The quantitative estimate of drug-likeness (QED) is 0.551. The highest BCUT2D eigenvalue weighted by molar-refractivity contribution is 6.16. The van der Waals surface area contributed by atoms with Crippen molar-refractivity contribution in [3.63, 3.8) is 0 Å². The van der Waals surface area contributed by atoms with Gasteiger partial charge in [-0.1, -0.05) is 5.82 Å². The predicted molar refractivity (Wildman–Crippen MR) is 40.9 cm³/mol. The maximum Gasteiger partial charge on any atom is 0.222 e. The SMILES string of the molecule is [B]C1CC1C(=O)NC(C)C. The molecule has 0 spiro atoms. The lowest BCUT2D eigenvalue weighted by Crippen LogP contribution is -2.31. The van der Waals surface area contributed by atoms with Gasteiger partial charge in [-0.3, -0.25) is 4.79 Å². The summed E-state index contributed by atoms with van der Waals surface area (Å²) >= 11 is 0. The van der Waals surface area contributed by atoms with Gasteiger partial charge in [-0.15, -0.1) is 0 Å². The number of nitrogens with one attached hydrogen (secondary N) is 1. The van der Waals surface area contributed by atoms with Crippen LogP contribution in [0.4, 0.5) is 0 Å². The van der Waals surface area contributed by atoms with Gasteiger partial charge in [0.25, 0.3) is 0 Å². The molecule has 1 fully saturated rings. The molecular formula is C7H12BNO. The molecule has 10 heavy (non-hydrogen) atoms. The van der Waals surface area contributed by atoms with Crippen LogP contribution in [-0.4, -0.2) is 19.8 Å². The third-order valence-electron chi connectivity index (χ3n) is 1.61. The molecule has 0 bridgehead atoms. The van der Waals surface area contributed by atoms with Crippen LogP contribution in [-0.2, 0) is 4.79 Å². The Labute approximate surface area is 62.8 Å². The molecule has 0 aromatic carbocycles. The van der Waals surface area contributed by atoms with Crippen molar-refractivity contribution in [1.82, 2.24) is 5.32 Å². The van der Waals surface area contributed by atoms with E-state index in [0.717, 1.165) is 6.42 Å². The lowest BCUT2D eigenvalue weighted by atomic mass is 10.00. The summed E-state index contributed by atoms with van der Waals surface area (Å²) in [4.78, 5) is 11.0. The average Bonchev–Trinajstić information content (AvgIpc) is 2.44. The van der Waals surface area contributed by atoms with Gasteiger partial charge in [0.05, 0.1) is 7.85 Å². The molecule has 1 amide bonds. The molecule has 1 N–H and O–H groups in total. The molecule has 0 aromatic rings. The molecule has 0 aliphatic heterocycles. The van der Waals surface area contributed by atoms with Gasteiger partial charge < -0.3 is 5.32 Å². The van der Waals surface area contributed by atoms with Crippen molar-refractivity contribution in [3.8, 4) is 0 Å². The second kappa shape index (κ2) is 2.65. The topological polar surface area (TPSA) is 29.1 Å². The van der Waals surface area contributed by atoms with Crippen molar-refractivity contribution in [1.29, 1.82) is 0 Å². The highest BCUT2D eigenvalue weighted by atomic mass is 16.2. The Kier molecular flexibility index (Phi) is 2.02. The molecular weight excluding hydrogens is 125 g/mol. The molecule has 1 aliphatic rings. The van der Waals surface area contributed by atoms with Crippen molar-refractivity contribution < 1.29 is 4.79 Å². The molecule has 1 rings (SSSR count). The van der Waals surface area contributed by atoms with Crippen LogP contribution in [0.3, 0.4) is 0 Å². The number of hydrogen-bond donors (Lipinski definition) is 1. The van der Waals surface area contributed by atoms with Crippen LogP contribution in [0.25, 0.3) is 0 Å². The van der Waals surface area contributed by atoms with Gasteiger partial charge in [0.1, 0.15) is 0 Å². The molecule has 0 heterocycles. The zero-order valence-corrected chi connectivity index (χ0v) is 6.42. The minimum atomic E-state index is 0.0994. The summed E-state index contributed by atoms with van der Waals surface area (Å²) in [6.45, 7) is 3.90. The largest absolute Gasteiger partial charge is 0.354 e. The van der Waals surface area contributed by atoms with E-state index in [1.54, 1.807) is 0 Å². The van der Waals surface area contributed by atoms with Crippen LogP contribution in [0.15, 0.2) is 0 Å². The van der Waals surface area contributed by atoms with E-state index in [1.165, 1.54) is 0 Å². The zero-order chi connectivity index (χ0) is 7.72. The first-order chi connectivity index (χ1) is 4.61. The third-order valence-corrected chi connectivity index (χ3v) is 1.61. The number of carbonyl (C=O) groups is 1. The van der Waals surface area contributed by atoms with Gasteiger partial charge in [0.2, 0.25) is 5.91 Å². The Morgan fingerprint density at radius 1 is 1.70 bits per heavy atom. The van der Waals surface area contributed by atoms with E-state index in [-0.39, 0.29) is 23.7 Å². The van der Waals surface area contributed by atoms with Crippen molar-refractivity contribution in [3.05, 3.63) is 0 Å². The number of hydrogen-bond acceptors (Lipinski definition) is 1. The zero-order valence-electron chi connectivity index (χ0n) is 6.42. The van der Waals surface area contributed by atoms with Crippen LogP contribution in [0.5, 0.6) is 0 Å². The minimum Gasteiger partial charge on any atom is -0.354 e. The van der Waals surface area contributed by atoms with Crippen LogP contribution in [0.2, 0.25) is 5.82 Å². The Balaban J connectivity index is 2.23. The van der Waals surface area contributed by atoms with Crippen molar-refractivity contribution in [2.24, 2.45) is 5.92 Å². The van der Waals surface area contributed by atoms with E-state index in [1.807, 2.05) is 13.8 Å². The molecule has 2 atom stereocenters. The first-order valence-electron chi connectivity index (χ1n) is 3.67. The molecule has 3 heteroatoms. The van der Waals surface area contributed by atoms with E-state index in [2.05, 4.69) is 5.32 Å². The van der Waals surface area contributed by atoms with Crippen LogP contribution >= 0.6 is 0 Å². The molecule has 2 unspecified atom stereocenters. The van der Waals surface area contributed by atoms with E-state index >= 15 is 0 Å². The number of carbonyl (C=O) groups excluding carboxylic acids is 1. The molecule has 1 aliphatic carbocycles. The smallest absolute Gasteiger partial charge is 0.222 e. The second-order valence-electron chi connectivity index (χ2n) is 3.17. The predicted octanol–water partition coefficient (Wildman–Crippen LogP) is 0.488. The Bertz CT molecular complexity index is 147. The summed E-state index contributed by atoms with van der Waals surface area (Å²) in [5.74, 6) is 0.337. The minimum absolute atomic E-state index is 0.0994. The molecule has 0 aromatic heterocycles. The van der Waals surface area contributed by atoms with Gasteiger partial charge in [-0.25, -0.2) is 0 Å². The summed E-state index contributed by atoms with van der Waals surface area (Å²) in [7, 11) is 5.48. The van der Waals surface area contributed by atoms with E-state index in [9.17, 15) is 4.79 Å². The van der Waals surface area contributed by atoms with Crippen LogP contribution < -0.4 is 5.32 Å². The first kappa shape index (κ1) is 7.64. The van der Waals surface area contributed by atoms with Gasteiger partial charge in [-0.2, -0.15) is 0 Å². The van der Waals surface area contributed by atoms with Crippen molar-refractivity contribution >= 4 is 13.8 Å². The van der Waals surface area contributed by atoms with E-state index in [4.69, 9.17) is 7.85 Å². The summed E-state index contributed by atoms with van der Waals surface area (Å²) in [5.41, 5.74) is 0. The van der Waals surface area contributed by atoms with Gasteiger partial charge in [0, 0.05) is 12.0 Å². The lowest BCUT2D eigenvalue weighted by molar-refractivity contribution is -0.122. The summed E-state index contributed by atoms with van der Waals surface area (Å²) in [5, 5.41) is 2.82. The maximum atomic E-state index is 11.0. The first-order valence-corrected chi connectivity index (χ1v) is 3.67. The standard InChI is InChI=1S/C7H12BNO/c1-4(2)9-7(10)5-3-6(5)8/h4-6H,3H2,1-2H3,(H,9,10). The average molecular weight is 137 g/mol. The van der Waals surface area contributed by atoms with Gasteiger partial charge >= 0.3 is 0 Å². The highest BCUT2D eigenvalue weighted by Gasteiger charge is 2.38. The second-order valence-corrected chi connectivity index (χ2v) is 3.17. The lowest BCUT2D eigenvalue weighted by Gasteiger charge is -2.06. The van der Waals surface area contributed by atoms with E-state index in [0.29, 0.717) is 0 Å². The Morgan fingerprint density at radius 3 is 2.50 bits per heavy atom. The number of rotatable bonds is 2. The fourth-order valence-electron chi connectivity index (χ4n) is 0.908. The van der Waals surface area contributed by atoms with Crippen LogP contribution in [0, 0.1) is 5.92 Å². The van der Waals surface area contributed by atoms with Crippen LogP contribution in [0.1, 0.15) is 20.3 Å². The Morgan fingerprint density at radius 2 is 2.20 bits per heavy atom. The molecule has 2 radical (unpaired) electrons. The normalized spacial score (nSPS) is 30.3. The fraction of sp³-hybridized carbons (Fsp3) is 0.857. The molecule has 2 nitrogen and oxygen atoms in total. The Hall–Kier alpha value is -0.465. The summed E-state index contributed by atoms with van der Waals surface area (Å²) < 4.78 is 0. The monoisotopic (exact) mass is 137 g/mol. The maximum absolute atomic E-state index is 11.0. The number of amides is 1. The highest BCUT2D eigenvalue weighted by Crippen LogP contribution is 2.41. The van der Waals surface area contributed by atoms with Gasteiger partial charge in [-0.05, 0) is 20.3 Å².